The van der Waals surface area contributed by atoms with E-state index in [1.165, 1.54) is 57.8 Å². The summed E-state index contributed by atoms with van der Waals surface area (Å²) in [4.78, 5) is 10.8. The summed E-state index contributed by atoms with van der Waals surface area (Å²) in [6, 6.07) is 0. The van der Waals surface area contributed by atoms with Crippen LogP contribution < -0.4 is 0 Å². The van der Waals surface area contributed by atoms with Gasteiger partial charge in [-0.25, -0.2) is 0 Å². The Morgan fingerprint density at radius 1 is 1.11 bits per heavy atom. The second-order valence-electron chi connectivity index (χ2n) is 6.05. The lowest BCUT2D eigenvalue weighted by atomic mass is 10.0. The largest absolute Gasteiger partial charge is 0.481 e. The van der Waals surface area contributed by atoms with Gasteiger partial charge in [0.1, 0.15) is 0 Å². The summed E-state index contributed by atoms with van der Waals surface area (Å²) in [5.41, 5.74) is 0. The van der Waals surface area contributed by atoms with E-state index in [0.717, 1.165) is 12.3 Å². The van der Waals surface area contributed by atoms with Gasteiger partial charge in [-0.2, -0.15) is 0 Å². The van der Waals surface area contributed by atoms with Gasteiger partial charge in [0.25, 0.3) is 0 Å². The van der Waals surface area contributed by atoms with E-state index in [-0.39, 0.29) is 5.92 Å². The number of unbranched alkanes of at least 4 members (excludes halogenated alkanes) is 7. The van der Waals surface area contributed by atoms with E-state index >= 15 is 0 Å². The smallest absolute Gasteiger partial charge is 0.306 e. The Balaban J connectivity index is 1.87. The average molecular weight is 254 g/mol. The average Bonchev–Trinajstić information content (AvgIpc) is 3.11. The van der Waals surface area contributed by atoms with Crippen LogP contribution in [-0.2, 0) is 4.79 Å². The Morgan fingerprint density at radius 3 is 2.22 bits per heavy atom. The molecular weight excluding hydrogens is 224 g/mol. The summed E-state index contributed by atoms with van der Waals surface area (Å²) < 4.78 is 0. The molecule has 1 rings (SSSR count). The van der Waals surface area contributed by atoms with Crippen molar-refractivity contribution in [2.24, 2.45) is 17.8 Å². The molecule has 0 aromatic heterocycles. The highest BCUT2D eigenvalue weighted by molar-refractivity contribution is 5.70. The van der Waals surface area contributed by atoms with Gasteiger partial charge >= 0.3 is 5.97 Å². The minimum Gasteiger partial charge on any atom is -0.481 e. The van der Waals surface area contributed by atoms with E-state index in [4.69, 9.17) is 5.11 Å². The van der Waals surface area contributed by atoms with Crippen molar-refractivity contribution in [2.45, 2.75) is 78.1 Å². The first kappa shape index (κ1) is 15.5. The number of carboxylic acids is 1. The van der Waals surface area contributed by atoms with E-state index < -0.39 is 5.97 Å². The van der Waals surface area contributed by atoms with Crippen molar-refractivity contribution in [1.82, 2.24) is 0 Å². The third-order valence-electron chi connectivity index (χ3n) is 4.44. The van der Waals surface area contributed by atoms with E-state index in [1.54, 1.807) is 0 Å². The van der Waals surface area contributed by atoms with E-state index in [1.807, 2.05) is 6.92 Å². The molecule has 1 saturated carbocycles. The van der Waals surface area contributed by atoms with Crippen molar-refractivity contribution < 1.29 is 9.90 Å². The van der Waals surface area contributed by atoms with Crippen molar-refractivity contribution in [1.29, 1.82) is 0 Å². The summed E-state index contributed by atoms with van der Waals surface area (Å²) in [7, 11) is 0. The molecule has 0 aromatic carbocycles. The normalized spacial score (nSPS) is 23.9. The zero-order chi connectivity index (χ0) is 13.4. The molecule has 2 heteroatoms. The van der Waals surface area contributed by atoms with Gasteiger partial charge < -0.3 is 5.11 Å². The van der Waals surface area contributed by atoms with Crippen LogP contribution in [0.2, 0.25) is 0 Å². The Morgan fingerprint density at radius 2 is 1.67 bits per heavy atom. The third kappa shape index (κ3) is 5.88. The fourth-order valence-corrected chi connectivity index (χ4v) is 2.94. The van der Waals surface area contributed by atoms with E-state index in [0.29, 0.717) is 5.92 Å². The Bertz CT molecular complexity index is 237. The Hall–Kier alpha value is -0.530. The summed E-state index contributed by atoms with van der Waals surface area (Å²) in [6.45, 7) is 4.12. The number of hydrogen-bond donors (Lipinski definition) is 1. The predicted octanol–water partition coefficient (Wildman–Crippen LogP) is 4.87. The van der Waals surface area contributed by atoms with Crippen molar-refractivity contribution in [3.63, 3.8) is 0 Å². The first-order valence-electron chi connectivity index (χ1n) is 7.89. The standard InChI is InChI=1S/C16H30O2/c1-3-4-5-6-7-8-9-10-11-14-12-15(14)13(2)16(17)18/h13-15H,3-12H2,1-2H3,(H,17,18). The quantitative estimate of drug-likeness (QED) is 0.534. The summed E-state index contributed by atoms with van der Waals surface area (Å²) in [6.07, 6.45) is 13.3. The van der Waals surface area contributed by atoms with E-state index in [2.05, 4.69) is 6.92 Å². The maximum absolute atomic E-state index is 10.8. The Labute approximate surface area is 112 Å². The summed E-state index contributed by atoms with van der Waals surface area (Å²) in [5.74, 6) is 0.464. The van der Waals surface area contributed by atoms with Crippen molar-refractivity contribution in [2.75, 3.05) is 0 Å². The molecule has 1 N–H and O–H groups in total. The number of carbonyl (C=O) groups is 1. The first-order chi connectivity index (χ1) is 8.66. The molecule has 0 amide bonds. The van der Waals surface area contributed by atoms with Gasteiger partial charge in [0.15, 0.2) is 0 Å². The minimum atomic E-state index is -0.613. The molecule has 18 heavy (non-hydrogen) atoms. The lowest BCUT2D eigenvalue weighted by Gasteiger charge is -2.05. The number of rotatable bonds is 11. The lowest BCUT2D eigenvalue weighted by Crippen LogP contribution is -2.12. The molecule has 0 saturated heterocycles. The molecular formula is C16H30O2. The lowest BCUT2D eigenvalue weighted by molar-refractivity contribution is -0.141. The highest BCUT2D eigenvalue weighted by Crippen LogP contribution is 2.47. The molecule has 0 heterocycles. The van der Waals surface area contributed by atoms with Gasteiger partial charge in [0.2, 0.25) is 0 Å². The second kappa shape index (κ2) is 8.55. The molecule has 2 nitrogen and oxygen atoms in total. The van der Waals surface area contributed by atoms with Crippen LogP contribution in [0.3, 0.4) is 0 Å². The van der Waals surface area contributed by atoms with Crippen LogP contribution in [0.5, 0.6) is 0 Å². The van der Waals surface area contributed by atoms with Gasteiger partial charge in [-0.05, 0) is 18.3 Å². The van der Waals surface area contributed by atoms with Crippen LogP contribution in [0.15, 0.2) is 0 Å². The van der Waals surface area contributed by atoms with Gasteiger partial charge in [0, 0.05) is 0 Å². The molecule has 0 aromatic rings. The first-order valence-corrected chi connectivity index (χ1v) is 7.89. The van der Waals surface area contributed by atoms with Crippen LogP contribution in [-0.4, -0.2) is 11.1 Å². The van der Waals surface area contributed by atoms with Crippen molar-refractivity contribution in [3.8, 4) is 0 Å². The molecule has 0 radical (unpaired) electrons. The summed E-state index contributed by atoms with van der Waals surface area (Å²) in [5, 5.41) is 8.92. The highest BCUT2D eigenvalue weighted by atomic mass is 16.4. The monoisotopic (exact) mass is 254 g/mol. The van der Waals surface area contributed by atoms with Crippen LogP contribution in [0.4, 0.5) is 0 Å². The van der Waals surface area contributed by atoms with Gasteiger partial charge in [-0.1, -0.05) is 71.6 Å². The topological polar surface area (TPSA) is 37.3 Å². The molecule has 1 fully saturated rings. The van der Waals surface area contributed by atoms with Crippen LogP contribution in [0.1, 0.15) is 78.1 Å². The molecule has 0 bridgehead atoms. The molecule has 0 spiro atoms. The molecule has 1 aliphatic carbocycles. The minimum absolute atomic E-state index is 0.121. The Kier molecular flexibility index (Phi) is 7.38. The second-order valence-corrected chi connectivity index (χ2v) is 6.05. The number of carboxylic acid groups (broad SMARTS) is 1. The molecule has 3 unspecified atom stereocenters. The maximum Gasteiger partial charge on any atom is 0.306 e. The fraction of sp³-hybridized carbons (Fsp3) is 0.938. The van der Waals surface area contributed by atoms with E-state index in [9.17, 15) is 4.79 Å². The van der Waals surface area contributed by atoms with Crippen molar-refractivity contribution in [3.05, 3.63) is 0 Å². The number of aliphatic carboxylic acids is 1. The SMILES string of the molecule is CCCCCCCCCCC1CC1C(C)C(=O)O. The number of hydrogen-bond acceptors (Lipinski definition) is 1. The highest BCUT2D eigenvalue weighted by Gasteiger charge is 2.42. The molecule has 0 aliphatic heterocycles. The molecule has 1 aliphatic rings. The van der Waals surface area contributed by atoms with Crippen LogP contribution >= 0.6 is 0 Å². The molecule has 106 valence electrons. The zero-order valence-corrected chi connectivity index (χ0v) is 12.2. The predicted molar refractivity (Wildman–Crippen MR) is 75.6 cm³/mol. The third-order valence-corrected chi connectivity index (χ3v) is 4.44. The fourth-order valence-electron chi connectivity index (χ4n) is 2.94. The van der Waals surface area contributed by atoms with Gasteiger partial charge in [-0.3, -0.25) is 4.79 Å². The van der Waals surface area contributed by atoms with Crippen LogP contribution in [0.25, 0.3) is 0 Å². The van der Waals surface area contributed by atoms with Gasteiger partial charge in [-0.15, -0.1) is 0 Å². The van der Waals surface area contributed by atoms with Crippen molar-refractivity contribution >= 4 is 5.97 Å². The van der Waals surface area contributed by atoms with Gasteiger partial charge in [0.05, 0.1) is 5.92 Å². The van der Waals surface area contributed by atoms with Crippen LogP contribution in [0, 0.1) is 17.8 Å². The maximum atomic E-state index is 10.8. The zero-order valence-electron chi connectivity index (χ0n) is 12.2. The summed E-state index contributed by atoms with van der Waals surface area (Å²) >= 11 is 0. The molecule has 3 atom stereocenters.